The second kappa shape index (κ2) is 9.77. The van der Waals surface area contributed by atoms with Crippen LogP contribution in [0.3, 0.4) is 0 Å². The lowest BCUT2D eigenvalue weighted by molar-refractivity contribution is 0.0697. The van der Waals surface area contributed by atoms with E-state index in [-0.39, 0.29) is 11.6 Å². The van der Waals surface area contributed by atoms with Gasteiger partial charge in [0.15, 0.2) is 0 Å². The molecule has 0 aromatic heterocycles. The summed E-state index contributed by atoms with van der Waals surface area (Å²) in [5.41, 5.74) is 0.587. The molecule has 0 spiro atoms. The van der Waals surface area contributed by atoms with Crippen molar-refractivity contribution in [3.63, 3.8) is 0 Å². The number of amides is 2. The van der Waals surface area contributed by atoms with Crippen LogP contribution in [-0.2, 0) is 4.74 Å². The van der Waals surface area contributed by atoms with Crippen LogP contribution in [0.25, 0.3) is 0 Å². The Bertz CT molecular complexity index is 463. The number of rotatable bonds is 9. The van der Waals surface area contributed by atoms with Gasteiger partial charge in [-0.1, -0.05) is 19.4 Å². The lowest BCUT2D eigenvalue weighted by atomic mass is 10.2. The van der Waals surface area contributed by atoms with Crippen LogP contribution in [0.2, 0.25) is 0 Å². The molecular weight excluding hydrogens is 272 g/mol. The lowest BCUT2D eigenvalue weighted by Crippen LogP contribution is -2.30. The molecule has 116 valence electrons. The second-order valence-electron chi connectivity index (χ2n) is 4.59. The molecule has 0 saturated heterocycles. The molecule has 0 aliphatic rings. The van der Waals surface area contributed by atoms with Gasteiger partial charge < -0.3 is 20.5 Å². The third-order valence-electron chi connectivity index (χ3n) is 2.76. The van der Waals surface area contributed by atoms with E-state index in [9.17, 15) is 9.59 Å². The summed E-state index contributed by atoms with van der Waals surface area (Å²) >= 11 is 0. The van der Waals surface area contributed by atoms with E-state index in [0.717, 1.165) is 25.9 Å². The first-order valence-electron chi connectivity index (χ1n) is 7.09. The van der Waals surface area contributed by atoms with Gasteiger partial charge in [0, 0.05) is 25.4 Å². The third-order valence-corrected chi connectivity index (χ3v) is 2.76. The fourth-order valence-electron chi connectivity index (χ4n) is 1.63. The maximum Gasteiger partial charge on any atom is 0.335 e. The van der Waals surface area contributed by atoms with Crippen LogP contribution in [0.1, 0.15) is 36.5 Å². The largest absolute Gasteiger partial charge is 0.478 e. The van der Waals surface area contributed by atoms with E-state index in [2.05, 4.69) is 17.6 Å². The van der Waals surface area contributed by atoms with Crippen molar-refractivity contribution in [3.8, 4) is 0 Å². The number of ether oxygens (including phenoxy) is 1. The Morgan fingerprint density at radius 2 is 2.00 bits per heavy atom. The SMILES string of the molecule is CCCCOCCCNC(=O)Nc1cccc(C(=O)O)c1. The predicted octanol–water partition coefficient (Wildman–Crippen LogP) is 2.71. The van der Waals surface area contributed by atoms with Crippen LogP contribution in [0, 0.1) is 0 Å². The summed E-state index contributed by atoms with van der Waals surface area (Å²) in [4.78, 5) is 22.4. The smallest absolute Gasteiger partial charge is 0.335 e. The molecule has 0 fully saturated rings. The zero-order valence-electron chi connectivity index (χ0n) is 12.2. The normalized spacial score (nSPS) is 10.1. The van der Waals surface area contributed by atoms with E-state index >= 15 is 0 Å². The lowest BCUT2D eigenvalue weighted by Gasteiger charge is -2.08. The molecule has 0 heterocycles. The molecule has 0 aliphatic heterocycles. The molecule has 6 nitrogen and oxygen atoms in total. The van der Waals surface area contributed by atoms with Crippen molar-refractivity contribution in [3.05, 3.63) is 29.8 Å². The number of nitrogens with one attached hydrogen (secondary N) is 2. The van der Waals surface area contributed by atoms with Crippen molar-refractivity contribution in [1.82, 2.24) is 5.32 Å². The molecule has 2 amide bonds. The third kappa shape index (κ3) is 7.31. The fraction of sp³-hybridized carbons (Fsp3) is 0.467. The van der Waals surface area contributed by atoms with Crippen molar-refractivity contribution < 1.29 is 19.4 Å². The van der Waals surface area contributed by atoms with Crippen LogP contribution in [-0.4, -0.2) is 36.9 Å². The molecule has 1 rings (SSSR count). The number of benzene rings is 1. The molecule has 1 aromatic carbocycles. The molecule has 0 radical (unpaired) electrons. The van der Waals surface area contributed by atoms with E-state index in [1.807, 2.05) is 0 Å². The number of urea groups is 1. The molecule has 3 N–H and O–H groups in total. The molecule has 0 aliphatic carbocycles. The topological polar surface area (TPSA) is 87.7 Å². The summed E-state index contributed by atoms with van der Waals surface area (Å²) in [7, 11) is 0. The number of carbonyl (C=O) groups is 2. The Balaban J connectivity index is 2.21. The minimum Gasteiger partial charge on any atom is -0.478 e. The average molecular weight is 294 g/mol. The highest BCUT2D eigenvalue weighted by molar-refractivity contribution is 5.93. The fourth-order valence-corrected chi connectivity index (χ4v) is 1.63. The second-order valence-corrected chi connectivity index (χ2v) is 4.59. The summed E-state index contributed by atoms with van der Waals surface area (Å²) in [6.45, 7) is 3.99. The minimum atomic E-state index is -1.02. The van der Waals surface area contributed by atoms with Crippen molar-refractivity contribution in [1.29, 1.82) is 0 Å². The molecule has 0 unspecified atom stereocenters. The molecule has 0 saturated carbocycles. The van der Waals surface area contributed by atoms with Crippen molar-refractivity contribution in [2.45, 2.75) is 26.2 Å². The number of hydrogen-bond donors (Lipinski definition) is 3. The van der Waals surface area contributed by atoms with Crippen LogP contribution < -0.4 is 10.6 Å². The number of anilines is 1. The monoisotopic (exact) mass is 294 g/mol. The summed E-state index contributed by atoms with van der Waals surface area (Å²) in [5, 5.41) is 14.2. The van der Waals surface area contributed by atoms with Gasteiger partial charge in [0.25, 0.3) is 0 Å². The highest BCUT2D eigenvalue weighted by atomic mass is 16.5. The van der Waals surface area contributed by atoms with Gasteiger partial charge in [-0.15, -0.1) is 0 Å². The number of unbranched alkanes of at least 4 members (excludes halogenated alkanes) is 1. The van der Waals surface area contributed by atoms with E-state index in [0.29, 0.717) is 18.8 Å². The molecule has 1 aromatic rings. The van der Waals surface area contributed by atoms with E-state index in [1.54, 1.807) is 12.1 Å². The number of carboxylic acids is 1. The van der Waals surface area contributed by atoms with Gasteiger partial charge in [-0.2, -0.15) is 0 Å². The first-order valence-corrected chi connectivity index (χ1v) is 7.09. The summed E-state index contributed by atoms with van der Waals surface area (Å²) in [6, 6.07) is 5.75. The number of aromatic carboxylic acids is 1. The molecule has 0 atom stereocenters. The Morgan fingerprint density at radius 3 is 2.71 bits per heavy atom. The number of carboxylic acid groups (broad SMARTS) is 1. The van der Waals surface area contributed by atoms with Crippen LogP contribution >= 0.6 is 0 Å². The van der Waals surface area contributed by atoms with Gasteiger partial charge in [0.2, 0.25) is 0 Å². The number of hydrogen-bond acceptors (Lipinski definition) is 3. The van der Waals surface area contributed by atoms with Crippen molar-refractivity contribution in [2.75, 3.05) is 25.1 Å². The van der Waals surface area contributed by atoms with Gasteiger partial charge >= 0.3 is 12.0 Å². The Morgan fingerprint density at radius 1 is 1.24 bits per heavy atom. The maximum absolute atomic E-state index is 11.6. The van der Waals surface area contributed by atoms with Gasteiger partial charge in [-0.3, -0.25) is 0 Å². The van der Waals surface area contributed by atoms with Crippen LogP contribution in [0.15, 0.2) is 24.3 Å². The Kier molecular flexibility index (Phi) is 7.89. The Labute approximate surface area is 124 Å². The quantitative estimate of drug-likeness (QED) is 0.611. The molecule has 21 heavy (non-hydrogen) atoms. The highest BCUT2D eigenvalue weighted by Crippen LogP contribution is 2.10. The van der Waals surface area contributed by atoms with Crippen LogP contribution in [0.4, 0.5) is 10.5 Å². The number of carbonyl (C=O) groups excluding carboxylic acids is 1. The van der Waals surface area contributed by atoms with Crippen molar-refractivity contribution >= 4 is 17.7 Å². The van der Waals surface area contributed by atoms with Crippen molar-refractivity contribution in [2.24, 2.45) is 0 Å². The predicted molar refractivity (Wildman–Crippen MR) is 80.8 cm³/mol. The molecule has 6 heteroatoms. The van der Waals surface area contributed by atoms with E-state index in [1.165, 1.54) is 12.1 Å². The van der Waals surface area contributed by atoms with Crippen LogP contribution in [0.5, 0.6) is 0 Å². The molecular formula is C15H22N2O4. The summed E-state index contributed by atoms with van der Waals surface area (Å²) < 4.78 is 5.38. The zero-order valence-corrected chi connectivity index (χ0v) is 12.2. The summed E-state index contributed by atoms with van der Waals surface area (Å²) in [6.07, 6.45) is 2.90. The minimum absolute atomic E-state index is 0.136. The standard InChI is InChI=1S/C15H22N2O4/c1-2-3-9-21-10-5-8-16-15(20)17-13-7-4-6-12(11-13)14(18)19/h4,6-7,11H,2-3,5,8-10H2,1H3,(H,18,19)(H2,16,17,20). The van der Waals surface area contributed by atoms with E-state index < -0.39 is 5.97 Å². The first kappa shape index (κ1) is 17.0. The summed E-state index contributed by atoms with van der Waals surface area (Å²) in [5.74, 6) is -1.02. The maximum atomic E-state index is 11.6. The molecule has 0 bridgehead atoms. The van der Waals surface area contributed by atoms with Gasteiger partial charge in [0.05, 0.1) is 5.56 Å². The Hall–Kier alpha value is -2.08. The van der Waals surface area contributed by atoms with Gasteiger partial charge in [0.1, 0.15) is 0 Å². The van der Waals surface area contributed by atoms with Gasteiger partial charge in [-0.05, 0) is 31.0 Å². The van der Waals surface area contributed by atoms with Gasteiger partial charge in [-0.25, -0.2) is 9.59 Å². The zero-order chi connectivity index (χ0) is 15.5. The highest BCUT2D eigenvalue weighted by Gasteiger charge is 2.05. The average Bonchev–Trinajstić information content (AvgIpc) is 2.46. The first-order chi connectivity index (χ1) is 10.1. The van der Waals surface area contributed by atoms with E-state index in [4.69, 9.17) is 9.84 Å².